The van der Waals surface area contributed by atoms with Gasteiger partial charge in [0.2, 0.25) is 0 Å². The Bertz CT molecular complexity index is 1580. The maximum atomic E-state index is 6.31. The van der Waals surface area contributed by atoms with Crippen LogP contribution in [0.5, 0.6) is 0 Å². The molecule has 194 valence electrons. The van der Waals surface area contributed by atoms with Crippen molar-refractivity contribution in [1.82, 2.24) is 0 Å². The molecule has 38 heavy (non-hydrogen) atoms. The Morgan fingerprint density at radius 3 is 0.974 bits per heavy atom. The average molecular weight is 788 g/mol. The number of hydrogen-bond acceptors (Lipinski definition) is 6. The third-order valence-corrected chi connectivity index (χ3v) is 29.9. The predicted octanol–water partition coefficient (Wildman–Crippen LogP) is 10.5. The van der Waals surface area contributed by atoms with Crippen LogP contribution in [0, 0.1) is 0 Å². The van der Waals surface area contributed by atoms with E-state index in [-0.39, 0.29) is 0 Å². The molecule has 0 atom stereocenters. The van der Waals surface area contributed by atoms with Gasteiger partial charge in [-0.15, -0.1) is 0 Å². The topological polar surface area (TPSA) is 26.3 Å². The molecule has 0 saturated carbocycles. The molecule has 0 N–H and O–H groups in total. The summed E-state index contributed by atoms with van der Waals surface area (Å²) in [4.78, 5) is 22.0. The zero-order valence-electron chi connectivity index (χ0n) is 22.4. The van der Waals surface area contributed by atoms with Crippen LogP contribution in [0.15, 0.2) is 81.6 Å². The summed E-state index contributed by atoms with van der Waals surface area (Å²) >= 11 is 3.27. The molecule has 2 nitrogen and oxygen atoms in total. The normalized spacial score (nSPS) is 12.5. The molecule has 0 radical (unpaired) electrons. The van der Waals surface area contributed by atoms with Crippen LogP contribution in [-0.2, 0) is 0 Å². The Labute approximate surface area is 248 Å². The number of furan rings is 2. The zero-order chi connectivity index (χ0) is 26.7. The van der Waals surface area contributed by atoms with Crippen molar-refractivity contribution >= 4 is 87.9 Å². The molecule has 0 bridgehead atoms. The van der Waals surface area contributed by atoms with Crippen molar-refractivity contribution in [2.75, 3.05) is 0 Å². The summed E-state index contributed by atoms with van der Waals surface area (Å²) in [5.41, 5.74) is 0. The molecule has 8 heteroatoms. The van der Waals surface area contributed by atoms with Gasteiger partial charge in [0.25, 0.3) is 0 Å². The van der Waals surface area contributed by atoms with Gasteiger partial charge in [-0.25, -0.2) is 0 Å². The summed E-state index contributed by atoms with van der Waals surface area (Å²) in [6.07, 6.45) is 0. The van der Waals surface area contributed by atoms with E-state index in [2.05, 4.69) is 102 Å². The molecule has 0 unspecified atom stereocenters. The fourth-order valence-corrected chi connectivity index (χ4v) is 18.7. The second-order valence-corrected chi connectivity index (χ2v) is 46.6. The van der Waals surface area contributed by atoms with Crippen LogP contribution in [0.3, 0.4) is 0 Å². The fraction of sp³-hybridized carbons (Fsp3) is 0.200. The van der Waals surface area contributed by atoms with Gasteiger partial charge in [-0.3, -0.25) is 0 Å². The van der Waals surface area contributed by atoms with Crippen molar-refractivity contribution in [2.24, 2.45) is 0 Å². The van der Waals surface area contributed by atoms with E-state index < -0.39 is 36.8 Å². The van der Waals surface area contributed by atoms with Crippen LogP contribution in [0.1, 0.15) is 0 Å². The van der Waals surface area contributed by atoms with Gasteiger partial charge >= 0.3 is 251 Å². The molecule has 0 aromatic carbocycles. The Balaban J connectivity index is 1.20. The molecule has 0 aliphatic heterocycles. The van der Waals surface area contributed by atoms with Crippen molar-refractivity contribution < 1.29 is 8.83 Å². The van der Waals surface area contributed by atoms with Crippen molar-refractivity contribution in [3.8, 4) is 52.3 Å². The molecule has 6 heterocycles. The summed E-state index contributed by atoms with van der Waals surface area (Å²) in [6.45, 7) is 0. The Morgan fingerprint density at radius 1 is 0.368 bits per heavy atom. The Morgan fingerprint density at radius 2 is 0.658 bits per heavy atom. The van der Waals surface area contributed by atoms with E-state index in [4.69, 9.17) is 8.83 Å². The summed E-state index contributed by atoms with van der Waals surface area (Å²) in [5.74, 6) is 3.82. The van der Waals surface area contributed by atoms with Gasteiger partial charge < -0.3 is 0 Å². The van der Waals surface area contributed by atoms with E-state index in [1.807, 2.05) is 22.7 Å². The third kappa shape index (κ3) is 5.58. The quantitative estimate of drug-likeness (QED) is 0.151. The fourth-order valence-electron chi connectivity index (χ4n) is 4.16. The van der Waals surface area contributed by atoms with Crippen LogP contribution >= 0.6 is 45.3 Å². The molecular weight excluding hydrogens is 758 g/mol. The molecule has 0 spiro atoms. The van der Waals surface area contributed by atoms with Crippen molar-refractivity contribution in [3.63, 3.8) is 0 Å². The van der Waals surface area contributed by atoms with Crippen LogP contribution < -0.4 is 5.79 Å². The van der Waals surface area contributed by atoms with Gasteiger partial charge in [-0.2, -0.15) is 0 Å². The van der Waals surface area contributed by atoms with Crippen LogP contribution in [0.4, 0.5) is 0 Å². The van der Waals surface area contributed by atoms with E-state index in [1.54, 1.807) is 28.5 Å². The first-order valence-corrected chi connectivity index (χ1v) is 35.9. The Kier molecular flexibility index (Phi) is 7.44. The molecule has 0 saturated heterocycles. The number of hydrogen-bond donors (Lipinski definition) is 0. The molecular formula is C30H30O2S4Sn2. The first kappa shape index (κ1) is 27.1. The van der Waals surface area contributed by atoms with Gasteiger partial charge in [-0.05, 0) is 0 Å². The summed E-state index contributed by atoms with van der Waals surface area (Å²) in [7, 11) is 0. The molecule has 0 amide bonds. The second kappa shape index (κ2) is 10.4. The van der Waals surface area contributed by atoms with E-state index in [0.29, 0.717) is 0 Å². The van der Waals surface area contributed by atoms with E-state index >= 15 is 0 Å². The average Bonchev–Trinajstić information content (AvgIpc) is 3.70. The van der Waals surface area contributed by atoms with Gasteiger partial charge in [0, 0.05) is 0 Å². The SMILES string of the molecule is [CH3][Sn]([CH3])([CH3])[c]1ccc(-c2ccc(-c3ccc(-c4ccc(-c5ccc(-c6cc[c]([Sn]([CH3])([CH3])[CH3])s6)o5)s4)s3)o2)s1. The standard InChI is InChI=1S/C24H12O2S4.6CH3.2Sn/c1-3-19(27-13-1)15-5-7-17(25-15)21-9-11-23(29-21)24-12-10-22(30-24)18-8-6-16(26-18)20-4-2-14-28-20;;;;;;;;/h1-12H;6*1H3;;. The third-order valence-electron chi connectivity index (χ3n) is 6.33. The van der Waals surface area contributed by atoms with E-state index in [1.165, 1.54) is 19.5 Å². The summed E-state index contributed by atoms with van der Waals surface area (Å²) < 4.78 is 15.8. The minimum absolute atomic E-state index is 0.938. The maximum absolute atomic E-state index is 6.31. The molecule has 0 fully saturated rings. The van der Waals surface area contributed by atoms with E-state index in [9.17, 15) is 0 Å². The molecule has 6 aromatic heterocycles. The summed E-state index contributed by atoms with van der Waals surface area (Å²) in [5, 5.41) is 0. The van der Waals surface area contributed by atoms with Crippen LogP contribution in [0.25, 0.3) is 52.3 Å². The number of thiophene rings is 4. The second-order valence-electron chi connectivity index (χ2n) is 11.5. The van der Waals surface area contributed by atoms with Crippen molar-refractivity contribution in [2.45, 2.75) is 29.6 Å². The number of rotatable bonds is 7. The predicted molar refractivity (Wildman–Crippen MR) is 176 cm³/mol. The molecule has 6 aromatic rings. The monoisotopic (exact) mass is 790 g/mol. The van der Waals surface area contributed by atoms with Crippen LogP contribution in [0.2, 0.25) is 29.6 Å². The van der Waals surface area contributed by atoms with Gasteiger partial charge in [0.15, 0.2) is 0 Å². The van der Waals surface area contributed by atoms with Gasteiger partial charge in [0.05, 0.1) is 0 Å². The first-order valence-electron chi connectivity index (χ1n) is 12.7. The Hall–Kier alpha value is -1.04. The minimum atomic E-state index is -2.05. The van der Waals surface area contributed by atoms with Crippen molar-refractivity contribution in [1.29, 1.82) is 0 Å². The zero-order valence-corrected chi connectivity index (χ0v) is 31.4. The summed E-state index contributed by atoms with van der Waals surface area (Å²) in [6, 6.07) is 26.3. The van der Waals surface area contributed by atoms with Crippen LogP contribution in [-0.4, -0.2) is 36.8 Å². The van der Waals surface area contributed by atoms with Gasteiger partial charge in [-0.1, -0.05) is 0 Å². The molecule has 0 aliphatic rings. The van der Waals surface area contributed by atoms with E-state index in [0.717, 1.165) is 32.8 Å². The molecule has 6 rings (SSSR count). The van der Waals surface area contributed by atoms with Gasteiger partial charge in [0.1, 0.15) is 0 Å². The molecule has 0 aliphatic carbocycles. The van der Waals surface area contributed by atoms with Crippen molar-refractivity contribution in [3.05, 3.63) is 72.8 Å². The first-order chi connectivity index (χ1) is 18.0.